The molecule has 3 rings (SSSR count). The summed E-state index contributed by atoms with van der Waals surface area (Å²) in [4.78, 5) is 12.4. The number of nitrogens with one attached hydrogen (secondary N) is 1. The molecule has 3 heterocycles. The molecule has 0 aliphatic carbocycles. The van der Waals surface area contributed by atoms with Crippen molar-refractivity contribution in [1.29, 1.82) is 0 Å². The molecule has 0 radical (unpaired) electrons. The van der Waals surface area contributed by atoms with Crippen LogP contribution in [0.2, 0.25) is 0 Å². The summed E-state index contributed by atoms with van der Waals surface area (Å²) in [6.07, 6.45) is 5.25. The predicted molar refractivity (Wildman–Crippen MR) is 60.2 cm³/mol. The van der Waals surface area contributed by atoms with Crippen molar-refractivity contribution in [3.8, 4) is 11.5 Å². The minimum absolute atomic E-state index is 0.374. The first-order chi connectivity index (χ1) is 8.43. The summed E-state index contributed by atoms with van der Waals surface area (Å²) in [6, 6.07) is 1.77. The van der Waals surface area contributed by atoms with E-state index >= 15 is 0 Å². The summed E-state index contributed by atoms with van der Waals surface area (Å²) >= 11 is 0. The number of hydrogen-bond acceptors (Lipinski definition) is 6. The topological polar surface area (TPSA) is 76.7 Å². The molecule has 1 aliphatic heterocycles. The molecule has 2 aromatic heterocycles. The van der Waals surface area contributed by atoms with Gasteiger partial charge in [0.1, 0.15) is 12.0 Å². The molecule has 6 nitrogen and oxygen atoms in total. The van der Waals surface area contributed by atoms with E-state index in [9.17, 15) is 0 Å². The summed E-state index contributed by atoms with van der Waals surface area (Å²) in [6.45, 7) is 2.02. The maximum absolute atomic E-state index is 5.31. The Bertz CT molecular complexity index is 478. The third-order valence-corrected chi connectivity index (χ3v) is 2.94. The molecule has 0 spiro atoms. The van der Waals surface area contributed by atoms with Gasteiger partial charge in [0.05, 0.1) is 0 Å². The smallest absolute Gasteiger partial charge is 0.230 e. The third kappa shape index (κ3) is 2.16. The fourth-order valence-corrected chi connectivity index (χ4v) is 2.00. The SMILES string of the molecule is c1cc(-c2noc(C3CCNCC3)n2)ncn1. The Morgan fingerprint density at radius 1 is 1.29 bits per heavy atom. The molecular weight excluding hydrogens is 218 g/mol. The minimum atomic E-state index is 0.374. The molecule has 0 unspecified atom stereocenters. The quantitative estimate of drug-likeness (QED) is 0.830. The lowest BCUT2D eigenvalue weighted by atomic mass is 9.98. The van der Waals surface area contributed by atoms with Crippen LogP contribution in [0, 0.1) is 0 Å². The van der Waals surface area contributed by atoms with Crippen LogP contribution in [0.4, 0.5) is 0 Å². The van der Waals surface area contributed by atoms with Crippen LogP contribution in [0.3, 0.4) is 0 Å². The van der Waals surface area contributed by atoms with Gasteiger partial charge in [0.2, 0.25) is 11.7 Å². The third-order valence-electron chi connectivity index (χ3n) is 2.94. The zero-order valence-electron chi connectivity index (χ0n) is 9.33. The van der Waals surface area contributed by atoms with E-state index in [-0.39, 0.29) is 0 Å². The highest BCUT2D eigenvalue weighted by Gasteiger charge is 2.21. The van der Waals surface area contributed by atoms with Gasteiger partial charge in [0, 0.05) is 12.1 Å². The van der Waals surface area contributed by atoms with Crippen molar-refractivity contribution in [1.82, 2.24) is 25.4 Å². The Morgan fingerprint density at radius 3 is 2.94 bits per heavy atom. The van der Waals surface area contributed by atoms with Gasteiger partial charge in [0.15, 0.2) is 0 Å². The van der Waals surface area contributed by atoms with Crippen LogP contribution in [-0.4, -0.2) is 33.2 Å². The average molecular weight is 231 g/mol. The van der Waals surface area contributed by atoms with Crippen LogP contribution < -0.4 is 5.32 Å². The van der Waals surface area contributed by atoms with Gasteiger partial charge in [-0.05, 0) is 32.0 Å². The summed E-state index contributed by atoms with van der Waals surface area (Å²) in [7, 11) is 0. The van der Waals surface area contributed by atoms with E-state index in [1.807, 2.05) is 0 Å². The Balaban J connectivity index is 1.83. The van der Waals surface area contributed by atoms with E-state index in [1.165, 1.54) is 6.33 Å². The van der Waals surface area contributed by atoms with Crippen LogP contribution in [0.15, 0.2) is 23.1 Å². The molecule has 1 saturated heterocycles. The minimum Gasteiger partial charge on any atom is -0.339 e. The molecule has 0 saturated carbocycles. The Kier molecular flexibility index (Phi) is 2.79. The number of rotatable bonds is 2. The van der Waals surface area contributed by atoms with Gasteiger partial charge in [0.25, 0.3) is 0 Å². The summed E-state index contributed by atoms with van der Waals surface area (Å²) in [5, 5.41) is 7.28. The predicted octanol–water partition coefficient (Wildman–Crippen LogP) is 0.994. The summed E-state index contributed by atoms with van der Waals surface area (Å²) in [5.41, 5.74) is 0.698. The Labute approximate surface area is 98.5 Å². The van der Waals surface area contributed by atoms with Crippen molar-refractivity contribution >= 4 is 0 Å². The van der Waals surface area contributed by atoms with Gasteiger partial charge in [-0.2, -0.15) is 4.98 Å². The van der Waals surface area contributed by atoms with Gasteiger partial charge < -0.3 is 9.84 Å². The first kappa shape index (κ1) is 10.3. The number of piperidine rings is 1. The van der Waals surface area contributed by atoms with Crippen LogP contribution >= 0.6 is 0 Å². The Hall–Kier alpha value is -1.82. The maximum Gasteiger partial charge on any atom is 0.230 e. The van der Waals surface area contributed by atoms with E-state index in [1.54, 1.807) is 12.3 Å². The van der Waals surface area contributed by atoms with E-state index in [2.05, 4.69) is 25.4 Å². The summed E-state index contributed by atoms with van der Waals surface area (Å²) < 4.78 is 5.31. The lowest BCUT2D eigenvalue weighted by Gasteiger charge is -2.18. The second kappa shape index (κ2) is 4.58. The second-order valence-electron chi connectivity index (χ2n) is 4.08. The largest absolute Gasteiger partial charge is 0.339 e. The highest BCUT2D eigenvalue weighted by molar-refractivity contribution is 5.46. The van der Waals surface area contributed by atoms with Crippen LogP contribution in [0.5, 0.6) is 0 Å². The molecule has 17 heavy (non-hydrogen) atoms. The first-order valence-corrected chi connectivity index (χ1v) is 5.74. The summed E-state index contributed by atoms with van der Waals surface area (Å²) in [5.74, 6) is 1.64. The molecule has 2 aromatic rings. The zero-order valence-corrected chi connectivity index (χ0v) is 9.33. The molecule has 0 atom stereocenters. The van der Waals surface area contributed by atoms with Crippen LogP contribution in [0.25, 0.3) is 11.5 Å². The molecule has 0 bridgehead atoms. The fraction of sp³-hybridized carbons (Fsp3) is 0.455. The molecule has 0 aromatic carbocycles. The van der Waals surface area contributed by atoms with Crippen molar-refractivity contribution in [3.05, 3.63) is 24.5 Å². The van der Waals surface area contributed by atoms with Crippen molar-refractivity contribution in [3.63, 3.8) is 0 Å². The van der Waals surface area contributed by atoms with Gasteiger partial charge in [-0.25, -0.2) is 9.97 Å². The molecule has 0 amide bonds. The number of hydrogen-bond donors (Lipinski definition) is 1. The highest BCUT2D eigenvalue weighted by atomic mass is 16.5. The monoisotopic (exact) mass is 231 g/mol. The molecule has 6 heteroatoms. The number of nitrogens with zero attached hydrogens (tertiary/aromatic N) is 4. The second-order valence-corrected chi connectivity index (χ2v) is 4.08. The van der Waals surface area contributed by atoms with Gasteiger partial charge in [-0.3, -0.25) is 0 Å². The van der Waals surface area contributed by atoms with Crippen molar-refractivity contribution in [2.24, 2.45) is 0 Å². The van der Waals surface area contributed by atoms with E-state index in [0.29, 0.717) is 17.4 Å². The highest BCUT2D eigenvalue weighted by Crippen LogP contribution is 2.25. The zero-order chi connectivity index (χ0) is 11.5. The van der Waals surface area contributed by atoms with Crippen LogP contribution in [0.1, 0.15) is 24.7 Å². The molecular formula is C11H13N5O. The lowest BCUT2D eigenvalue weighted by Crippen LogP contribution is -2.26. The van der Waals surface area contributed by atoms with Crippen molar-refractivity contribution < 1.29 is 4.52 Å². The molecule has 88 valence electrons. The first-order valence-electron chi connectivity index (χ1n) is 5.74. The molecule has 1 aliphatic rings. The van der Waals surface area contributed by atoms with Crippen molar-refractivity contribution in [2.45, 2.75) is 18.8 Å². The normalized spacial score (nSPS) is 17.2. The lowest BCUT2D eigenvalue weighted by molar-refractivity contribution is 0.320. The van der Waals surface area contributed by atoms with Gasteiger partial charge >= 0.3 is 0 Å². The standard InChI is InChI=1S/C11H13N5O/c1-4-12-5-2-8(1)11-15-10(16-17-11)9-3-6-13-7-14-9/h3,6-8,12H,1-2,4-5H2. The Morgan fingerprint density at radius 2 is 2.18 bits per heavy atom. The molecule has 1 N–H and O–H groups in total. The van der Waals surface area contributed by atoms with E-state index < -0.39 is 0 Å². The molecule has 1 fully saturated rings. The van der Waals surface area contributed by atoms with Crippen LogP contribution in [-0.2, 0) is 0 Å². The number of aromatic nitrogens is 4. The van der Waals surface area contributed by atoms with Crippen molar-refractivity contribution in [2.75, 3.05) is 13.1 Å². The average Bonchev–Trinajstić information content (AvgIpc) is 2.90. The van der Waals surface area contributed by atoms with Gasteiger partial charge in [-0.1, -0.05) is 5.16 Å². The maximum atomic E-state index is 5.31. The van der Waals surface area contributed by atoms with E-state index in [4.69, 9.17) is 4.52 Å². The fourth-order valence-electron chi connectivity index (χ4n) is 2.00. The van der Waals surface area contributed by atoms with E-state index in [0.717, 1.165) is 31.8 Å². The van der Waals surface area contributed by atoms with Gasteiger partial charge in [-0.15, -0.1) is 0 Å².